The van der Waals surface area contributed by atoms with Crippen molar-refractivity contribution in [2.24, 2.45) is 20.5 Å². The number of nitrogens with one attached hydrogen (secondary N) is 2. The van der Waals surface area contributed by atoms with Crippen LogP contribution in [0.3, 0.4) is 0 Å². The predicted octanol–water partition coefficient (Wildman–Crippen LogP) is 10.4. The molecule has 2 amide bonds. The van der Waals surface area contributed by atoms with Crippen LogP contribution in [0.5, 0.6) is 0 Å². The Labute approximate surface area is 337 Å². The zero-order chi connectivity index (χ0) is 41.6. The van der Waals surface area contributed by atoms with Crippen molar-refractivity contribution in [3.63, 3.8) is 0 Å². The summed E-state index contributed by atoms with van der Waals surface area (Å²) in [6.07, 6.45) is 0. The van der Waals surface area contributed by atoms with Crippen molar-refractivity contribution in [2.75, 3.05) is 10.6 Å². The first kappa shape index (κ1) is 42.2. The van der Waals surface area contributed by atoms with Gasteiger partial charge in [0.15, 0.2) is 0 Å². The van der Waals surface area contributed by atoms with Gasteiger partial charge < -0.3 is 10.6 Å². The highest BCUT2D eigenvalue weighted by molar-refractivity contribution is 7.95. The first-order chi connectivity index (χ1) is 27.6. The molecular formula is C35H28N6O13S4. The number of hydrogen-bond donors (Lipinski definition) is 6. The van der Waals surface area contributed by atoms with Crippen molar-refractivity contribution in [1.82, 2.24) is 0 Å². The number of anilines is 2. The number of rotatable bonds is 14. The summed E-state index contributed by atoms with van der Waals surface area (Å²) in [6, 6.07) is 23.5. The van der Waals surface area contributed by atoms with Crippen molar-refractivity contribution in [2.45, 2.75) is 33.4 Å². The highest BCUT2D eigenvalue weighted by Crippen LogP contribution is 2.38. The lowest BCUT2D eigenvalue weighted by Gasteiger charge is -2.12. The summed E-state index contributed by atoms with van der Waals surface area (Å²) in [6.45, 7) is 3.47. The Hall–Kier alpha value is -5.41. The number of carbonyl (C=O) groups excluding carboxylic acids is 1. The van der Waals surface area contributed by atoms with Gasteiger partial charge in [-0.05, 0) is 103 Å². The van der Waals surface area contributed by atoms with Crippen LogP contribution in [-0.4, -0.2) is 42.5 Å². The fraction of sp³-hybridized carbons (Fsp3) is 0.0571. The summed E-state index contributed by atoms with van der Waals surface area (Å²) in [5.41, 5.74) is 3.17. The van der Waals surface area contributed by atoms with Crippen LogP contribution in [0, 0.1) is 13.8 Å². The minimum atomic E-state index is -4.67. The van der Waals surface area contributed by atoms with E-state index in [-0.39, 0.29) is 27.0 Å². The van der Waals surface area contributed by atoms with Gasteiger partial charge in [0, 0.05) is 37.3 Å². The van der Waals surface area contributed by atoms with E-state index in [0.29, 0.717) is 78.5 Å². The second-order valence-electron chi connectivity index (χ2n) is 12.0. The lowest BCUT2D eigenvalue weighted by atomic mass is 10.1. The molecule has 0 bridgehead atoms. The molecule has 0 spiro atoms. The zero-order valence-electron chi connectivity index (χ0n) is 29.6. The lowest BCUT2D eigenvalue weighted by molar-refractivity contribution is -0.432. The molecule has 58 heavy (non-hydrogen) atoms. The zero-order valence-corrected chi connectivity index (χ0v) is 32.9. The number of aryl methyl sites for hydroxylation is 2. The maximum Gasteiger partial charge on any atom is 0.323 e. The van der Waals surface area contributed by atoms with Gasteiger partial charge in [0.1, 0.15) is 9.79 Å². The summed E-state index contributed by atoms with van der Waals surface area (Å²) in [4.78, 5) is 12.9. The second-order valence-corrected chi connectivity index (χ2v) is 16.2. The highest BCUT2D eigenvalue weighted by atomic mass is 32.2. The number of fused-ring (bicyclic) bond motifs is 2. The van der Waals surface area contributed by atoms with Gasteiger partial charge in [-0.15, -0.1) is 8.67 Å². The van der Waals surface area contributed by atoms with Gasteiger partial charge in [-0.1, -0.05) is 34.3 Å². The van der Waals surface area contributed by atoms with Crippen LogP contribution >= 0.6 is 24.1 Å². The number of azo groups is 2. The van der Waals surface area contributed by atoms with E-state index in [0.717, 1.165) is 6.07 Å². The Morgan fingerprint density at radius 2 is 1.05 bits per heavy atom. The van der Waals surface area contributed by atoms with Gasteiger partial charge >= 0.3 is 6.03 Å². The monoisotopic (exact) mass is 868 g/mol. The van der Waals surface area contributed by atoms with Crippen molar-refractivity contribution in [3.05, 3.63) is 108 Å². The van der Waals surface area contributed by atoms with Gasteiger partial charge in [-0.25, -0.2) is 15.3 Å². The van der Waals surface area contributed by atoms with Gasteiger partial charge in [0.05, 0.1) is 46.8 Å². The molecule has 0 aliphatic carbocycles. The van der Waals surface area contributed by atoms with Crippen molar-refractivity contribution in [1.29, 1.82) is 0 Å². The van der Waals surface area contributed by atoms with E-state index >= 15 is 0 Å². The molecule has 6 aromatic carbocycles. The number of amides is 2. The molecule has 6 aromatic rings. The molecule has 6 rings (SSSR count). The average Bonchev–Trinajstić information content (AvgIpc) is 3.18. The quantitative estimate of drug-likeness (QED) is 0.0195. The van der Waals surface area contributed by atoms with Crippen LogP contribution in [-0.2, 0) is 39.0 Å². The van der Waals surface area contributed by atoms with Crippen molar-refractivity contribution < 1.29 is 60.0 Å². The van der Waals surface area contributed by atoms with Crippen LogP contribution < -0.4 is 10.6 Å². The Bertz CT molecular complexity index is 2840. The third kappa shape index (κ3) is 10.2. The maximum atomic E-state index is 13.0. The maximum absolute atomic E-state index is 13.0. The molecule has 0 saturated carbocycles. The third-order valence-corrected chi connectivity index (χ3v) is 11.3. The molecule has 6 N–H and O–H groups in total. The molecule has 0 unspecified atom stereocenters. The molecule has 0 aromatic heterocycles. The van der Waals surface area contributed by atoms with E-state index in [1.54, 1.807) is 62.4 Å². The number of carbonyl (C=O) groups is 1. The third-order valence-electron chi connectivity index (χ3n) is 8.15. The second kappa shape index (κ2) is 18.0. The molecule has 0 aliphatic rings. The number of hydrogen-bond acceptors (Lipinski definition) is 17. The Morgan fingerprint density at radius 1 is 0.552 bits per heavy atom. The average molecular weight is 869 g/mol. The minimum absolute atomic E-state index is 0.0799. The molecule has 19 nitrogen and oxygen atoms in total. The van der Waals surface area contributed by atoms with Crippen molar-refractivity contribution >= 4 is 106 Å². The molecule has 23 heteroatoms. The molecule has 300 valence electrons. The molecule has 0 radical (unpaired) electrons. The van der Waals surface area contributed by atoms with Crippen LogP contribution in [0.15, 0.2) is 137 Å². The smallest absolute Gasteiger partial charge is 0.307 e. The summed E-state index contributed by atoms with van der Waals surface area (Å²) in [7, 11) is -9.28. The first-order valence-corrected chi connectivity index (χ1v) is 20.5. The van der Waals surface area contributed by atoms with E-state index in [1.165, 1.54) is 42.5 Å². The van der Waals surface area contributed by atoms with Gasteiger partial charge in [0.2, 0.25) is 0 Å². The number of nitrogens with zero attached hydrogens (tertiary/aromatic N) is 4. The van der Waals surface area contributed by atoms with Gasteiger partial charge in [0.25, 0.3) is 20.2 Å². The highest BCUT2D eigenvalue weighted by Gasteiger charge is 2.19. The first-order valence-electron chi connectivity index (χ1n) is 16.2. The van der Waals surface area contributed by atoms with E-state index in [4.69, 9.17) is 10.5 Å². The van der Waals surface area contributed by atoms with Crippen LogP contribution in [0.25, 0.3) is 21.5 Å². The molecule has 0 aliphatic heterocycles. The lowest BCUT2D eigenvalue weighted by Crippen LogP contribution is -2.20. The number of urea groups is 1. The van der Waals surface area contributed by atoms with E-state index in [1.807, 2.05) is 0 Å². The Balaban J connectivity index is 1.15. The SMILES string of the molecule is Cc1cc(N=Nc2cc(S(=O)(=O)O)c3cccc(SOOO)c3c2)ccc1NC(=O)Nc1ccc(N=Nc2cc(SOOO)c3cccc(S(=O)(=O)O)c3c2)cc1C. The normalized spacial score (nSPS) is 12.2. The molecular weight excluding hydrogens is 841 g/mol. The van der Waals surface area contributed by atoms with Gasteiger partial charge in [-0.3, -0.25) is 9.11 Å². The van der Waals surface area contributed by atoms with Crippen LogP contribution in [0.4, 0.5) is 38.9 Å². The fourth-order valence-corrected chi connectivity index (χ4v) is 8.09. The Morgan fingerprint density at radius 3 is 1.60 bits per heavy atom. The van der Waals surface area contributed by atoms with Crippen molar-refractivity contribution in [3.8, 4) is 0 Å². The summed E-state index contributed by atoms with van der Waals surface area (Å²) in [5, 5.41) is 47.8. The summed E-state index contributed by atoms with van der Waals surface area (Å²) in [5.74, 6) is 0. The van der Waals surface area contributed by atoms with E-state index < -0.39 is 31.2 Å². The molecule has 0 atom stereocenters. The molecule has 0 saturated heterocycles. The largest absolute Gasteiger partial charge is 0.323 e. The van der Waals surface area contributed by atoms with E-state index in [2.05, 4.69) is 49.8 Å². The van der Waals surface area contributed by atoms with Gasteiger partial charge in [-0.2, -0.15) is 37.3 Å². The topological polar surface area (TPSA) is 277 Å². The molecule has 0 fully saturated rings. The summed E-state index contributed by atoms with van der Waals surface area (Å²) >= 11 is 1.19. The standard InChI is InChI=1S/C35H28N6O13S4/c1-19-13-21(38-40-23-16-28-25(32(17-23)56-54-52-44)5-4-8-33(28)57(45,46)47)9-11-29(19)36-35(42)37-30-12-10-22(14-20(30)2)39-41-24-15-27-26(34(18-24)58(48,49)50)6-3-7-31(27)55-53-51-43/h3-18,43-44H,1-2H3,(H2,36,37,42)(H,45,46,47)(H,48,49,50). The fourth-order valence-electron chi connectivity index (χ4n) is 5.63. The van der Waals surface area contributed by atoms with E-state index in [9.17, 15) is 30.7 Å². The number of benzene rings is 6. The van der Waals surface area contributed by atoms with Crippen LogP contribution in [0.1, 0.15) is 11.1 Å². The minimum Gasteiger partial charge on any atom is -0.307 e. The summed E-state index contributed by atoms with van der Waals surface area (Å²) < 4.78 is 77.1. The Kier molecular flexibility index (Phi) is 13.1. The molecule has 0 heterocycles. The predicted molar refractivity (Wildman–Crippen MR) is 212 cm³/mol. The van der Waals surface area contributed by atoms with Crippen LogP contribution in [0.2, 0.25) is 0 Å².